The largest absolute Gasteiger partial charge is 0.351 e. The molecular formula is C21H26N2O3. The Balaban J connectivity index is 1.52. The van der Waals surface area contributed by atoms with Crippen LogP contribution in [-0.4, -0.2) is 34.7 Å². The highest BCUT2D eigenvalue weighted by atomic mass is 16.2. The van der Waals surface area contributed by atoms with Crippen molar-refractivity contribution < 1.29 is 14.4 Å². The van der Waals surface area contributed by atoms with Crippen LogP contribution in [0.3, 0.4) is 0 Å². The van der Waals surface area contributed by atoms with Crippen LogP contribution in [0, 0.1) is 11.8 Å². The predicted molar refractivity (Wildman–Crippen MR) is 99.1 cm³/mol. The maximum absolute atomic E-state index is 12.4. The summed E-state index contributed by atoms with van der Waals surface area (Å²) >= 11 is 0. The number of amides is 3. The van der Waals surface area contributed by atoms with Crippen LogP contribution in [0.5, 0.6) is 0 Å². The van der Waals surface area contributed by atoms with Crippen molar-refractivity contribution >= 4 is 17.7 Å². The number of imide groups is 1. The van der Waals surface area contributed by atoms with E-state index in [9.17, 15) is 14.4 Å². The maximum Gasteiger partial charge on any atom is 0.233 e. The van der Waals surface area contributed by atoms with E-state index in [0.717, 1.165) is 12.0 Å². The van der Waals surface area contributed by atoms with E-state index in [1.54, 1.807) is 0 Å². The zero-order valence-electron chi connectivity index (χ0n) is 15.4. The lowest BCUT2D eigenvalue weighted by Crippen LogP contribution is -2.46. The average Bonchev–Trinajstić information content (AvgIpc) is 2.84. The number of allylic oxidation sites excluding steroid dienone is 2. The molecule has 1 aromatic carbocycles. The summed E-state index contributed by atoms with van der Waals surface area (Å²) in [4.78, 5) is 38.5. The third-order valence-electron chi connectivity index (χ3n) is 5.13. The third kappa shape index (κ3) is 4.03. The van der Waals surface area contributed by atoms with Gasteiger partial charge in [-0.3, -0.25) is 19.3 Å². The van der Waals surface area contributed by atoms with Gasteiger partial charge in [-0.1, -0.05) is 42.5 Å². The van der Waals surface area contributed by atoms with Gasteiger partial charge in [0.05, 0.1) is 11.8 Å². The van der Waals surface area contributed by atoms with E-state index in [1.807, 2.05) is 56.3 Å². The lowest BCUT2D eigenvalue weighted by atomic mass is 9.85. The number of carbonyl (C=O) groups excluding carboxylic acids is 3. The molecule has 138 valence electrons. The molecule has 2 atom stereocenters. The van der Waals surface area contributed by atoms with Gasteiger partial charge in [-0.15, -0.1) is 0 Å². The summed E-state index contributed by atoms with van der Waals surface area (Å²) in [5, 5.41) is 3.02. The Hall–Kier alpha value is -2.43. The van der Waals surface area contributed by atoms with Gasteiger partial charge in [-0.2, -0.15) is 0 Å². The molecule has 1 aliphatic heterocycles. The molecule has 3 amide bonds. The first-order valence-electron chi connectivity index (χ1n) is 9.22. The van der Waals surface area contributed by atoms with Crippen LogP contribution in [0.2, 0.25) is 0 Å². The lowest BCUT2D eigenvalue weighted by molar-refractivity contribution is -0.140. The van der Waals surface area contributed by atoms with Crippen molar-refractivity contribution in [3.8, 4) is 0 Å². The molecule has 2 aliphatic rings. The number of likely N-dealkylation sites (tertiary alicyclic amines) is 1. The van der Waals surface area contributed by atoms with Crippen LogP contribution < -0.4 is 5.32 Å². The minimum absolute atomic E-state index is 0.124. The van der Waals surface area contributed by atoms with E-state index in [0.29, 0.717) is 12.8 Å². The normalized spacial score (nSPS) is 22.5. The summed E-state index contributed by atoms with van der Waals surface area (Å²) < 4.78 is 0. The zero-order valence-corrected chi connectivity index (χ0v) is 15.4. The fourth-order valence-corrected chi connectivity index (χ4v) is 3.89. The third-order valence-corrected chi connectivity index (χ3v) is 5.13. The lowest BCUT2D eigenvalue weighted by Gasteiger charge is -2.27. The Morgan fingerprint density at radius 3 is 2.23 bits per heavy atom. The first-order chi connectivity index (χ1) is 12.4. The fourth-order valence-electron chi connectivity index (χ4n) is 3.89. The minimum atomic E-state index is -0.393. The number of carbonyl (C=O) groups is 3. The molecule has 0 aromatic heterocycles. The van der Waals surface area contributed by atoms with Crippen molar-refractivity contribution in [3.05, 3.63) is 48.0 Å². The average molecular weight is 354 g/mol. The quantitative estimate of drug-likeness (QED) is 0.630. The Morgan fingerprint density at radius 1 is 1.08 bits per heavy atom. The van der Waals surface area contributed by atoms with Crippen LogP contribution >= 0.6 is 0 Å². The van der Waals surface area contributed by atoms with Gasteiger partial charge in [0, 0.05) is 18.5 Å². The summed E-state index contributed by atoms with van der Waals surface area (Å²) in [6, 6.07) is 9.99. The number of rotatable bonds is 6. The second-order valence-electron chi connectivity index (χ2n) is 7.83. The Labute approximate surface area is 154 Å². The molecule has 0 unspecified atom stereocenters. The molecule has 5 heteroatoms. The van der Waals surface area contributed by atoms with Gasteiger partial charge in [0.1, 0.15) is 0 Å². The number of nitrogens with zero attached hydrogens (tertiary/aromatic N) is 1. The topological polar surface area (TPSA) is 66.5 Å². The minimum Gasteiger partial charge on any atom is -0.351 e. The number of hydrogen-bond acceptors (Lipinski definition) is 3. The van der Waals surface area contributed by atoms with Crippen LogP contribution in [-0.2, 0) is 20.8 Å². The SMILES string of the molecule is CC(C)(Cc1ccccc1)NC(=O)CCN1C(=O)[C@H]2CC=CC[C@H]2C1=O. The van der Waals surface area contributed by atoms with Crippen LogP contribution in [0.4, 0.5) is 0 Å². The number of fused-ring (bicyclic) bond motifs is 1. The highest BCUT2D eigenvalue weighted by Crippen LogP contribution is 2.35. The molecule has 3 rings (SSSR count). The fraction of sp³-hybridized carbons (Fsp3) is 0.476. The van der Waals surface area contributed by atoms with Gasteiger partial charge in [0.15, 0.2) is 0 Å². The zero-order chi connectivity index (χ0) is 18.7. The van der Waals surface area contributed by atoms with Gasteiger partial charge < -0.3 is 5.32 Å². The van der Waals surface area contributed by atoms with Crippen molar-refractivity contribution in [2.24, 2.45) is 11.8 Å². The van der Waals surface area contributed by atoms with Crippen LogP contribution in [0.15, 0.2) is 42.5 Å². The van der Waals surface area contributed by atoms with E-state index in [-0.39, 0.29) is 42.5 Å². The van der Waals surface area contributed by atoms with Gasteiger partial charge in [-0.25, -0.2) is 0 Å². The molecule has 26 heavy (non-hydrogen) atoms. The number of nitrogens with one attached hydrogen (secondary N) is 1. The van der Waals surface area contributed by atoms with E-state index < -0.39 is 5.54 Å². The highest BCUT2D eigenvalue weighted by Gasteiger charge is 2.46. The molecule has 0 radical (unpaired) electrons. The Kier molecular flexibility index (Phi) is 5.25. The predicted octanol–water partition coefficient (Wildman–Crippen LogP) is 2.47. The monoisotopic (exact) mass is 354 g/mol. The molecule has 1 aliphatic carbocycles. The van der Waals surface area contributed by atoms with E-state index >= 15 is 0 Å². The molecule has 0 bridgehead atoms. The standard InChI is InChI=1S/C21H26N2O3/c1-21(2,14-15-8-4-3-5-9-15)22-18(24)12-13-23-19(25)16-10-6-7-11-17(16)20(23)26/h3-9,16-17H,10-14H2,1-2H3,(H,22,24)/t16-,17+. The van der Waals surface area contributed by atoms with Crippen LogP contribution in [0.1, 0.15) is 38.7 Å². The van der Waals surface area contributed by atoms with Crippen molar-refractivity contribution in [2.75, 3.05) is 6.54 Å². The van der Waals surface area contributed by atoms with Crippen LogP contribution in [0.25, 0.3) is 0 Å². The summed E-state index contributed by atoms with van der Waals surface area (Å²) in [6.07, 6.45) is 6.05. The van der Waals surface area contributed by atoms with Gasteiger partial charge in [-0.05, 0) is 38.7 Å². The van der Waals surface area contributed by atoms with Crippen molar-refractivity contribution in [3.63, 3.8) is 0 Å². The summed E-state index contributed by atoms with van der Waals surface area (Å²) in [7, 11) is 0. The van der Waals surface area contributed by atoms with E-state index in [4.69, 9.17) is 0 Å². The number of benzene rings is 1. The van der Waals surface area contributed by atoms with E-state index in [2.05, 4.69) is 5.32 Å². The van der Waals surface area contributed by atoms with Gasteiger partial charge in [0.2, 0.25) is 17.7 Å². The molecule has 1 saturated heterocycles. The first-order valence-corrected chi connectivity index (χ1v) is 9.22. The van der Waals surface area contributed by atoms with Crippen molar-refractivity contribution in [2.45, 2.75) is 45.1 Å². The highest BCUT2D eigenvalue weighted by molar-refractivity contribution is 6.05. The molecule has 1 N–H and O–H groups in total. The molecule has 1 fully saturated rings. The molecule has 0 saturated carbocycles. The number of hydrogen-bond donors (Lipinski definition) is 1. The summed E-state index contributed by atoms with van der Waals surface area (Å²) in [5.74, 6) is -0.851. The van der Waals surface area contributed by atoms with Gasteiger partial charge >= 0.3 is 0 Å². The van der Waals surface area contributed by atoms with Crippen molar-refractivity contribution in [1.29, 1.82) is 0 Å². The van der Waals surface area contributed by atoms with Crippen molar-refractivity contribution in [1.82, 2.24) is 10.2 Å². The first kappa shape index (κ1) is 18.4. The molecule has 5 nitrogen and oxygen atoms in total. The molecule has 0 spiro atoms. The second-order valence-corrected chi connectivity index (χ2v) is 7.83. The second kappa shape index (κ2) is 7.44. The summed E-state index contributed by atoms with van der Waals surface area (Å²) in [6.45, 7) is 4.12. The smallest absolute Gasteiger partial charge is 0.233 e. The Morgan fingerprint density at radius 2 is 1.65 bits per heavy atom. The maximum atomic E-state index is 12.4. The van der Waals surface area contributed by atoms with E-state index in [1.165, 1.54) is 4.90 Å². The molecular weight excluding hydrogens is 328 g/mol. The molecule has 1 heterocycles. The Bertz CT molecular complexity index is 698. The summed E-state index contributed by atoms with van der Waals surface area (Å²) in [5.41, 5.74) is 0.759. The molecule has 1 aromatic rings. The van der Waals surface area contributed by atoms with Gasteiger partial charge in [0.25, 0.3) is 0 Å².